The molecule has 0 unspecified atom stereocenters. The molecule has 0 saturated heterocycles. The number of aryl methyl sites for hydroxylation is 1. The molecule has 3 rings (SSSR count). The Morgan fingerprint density at radius 1 is 1.31 bits per heavy atom. The summed E-state index contributed by atoms with van der Waals surface area (Å²) in [6, 6.07) is 2.04. The molecule has 0 aromatic carbocycles. The highest BCUT2D eigenvalue weighted by molar-refractivity contribution is 9.10. The van der Waals surface area contributed by atoms with Crippen molar-refractivity contribution in [2.45, 2.75) is 45.1 Å². The molecular formula is C13H16BrNO. The van der Waals surface area contributed by atoms with Gasteiger partial charge in [-0.3, -0.25) is 4.79 Å². The van der Waals surface area contributed by atoms with E-state index in [4.69, 9.17) is 0 Å². The van der Waals surface area contributed by atoms with Crippen LogP contribution in [0, 0.1) is 5.92 Å². The van der Waals surface area contributed by atoms with Gasteiger partial charge < -0.3 is 4.57 Å². The highest BCUT2D eigenvalue weighted by Gasteiger charge is 2.25. The second-order valence-corrected chi connectivity index (χ2v) is 5.88. The lowest BCUT2D eigenvalue weighted by molar-refractivity contribution is 0.540. The van der Waals surface area contributed by atoms with Gasteiger partial charge in [-0.1, -0.05) is 0 Å². The van der Waals surface area contributed by atoms with Crippen molar-refractivity contribution in [1.82, 2.24) is 4.57 Å². The van der Waals surface area contributed by atoms with Gasteiger partial charge in [-0.05, 0) is 72.0 Å². The Morgan fingerprint density at radius 3 is 2.81 bits per heavy atom. The zero-order chi connectivity index (χ0) is 11.1. The fourth-order valence-electron chi connectivity index (χ4n) is 2.59. The van der Waals surface area contributed by atoms with E-state index in [0.29, 0.717) is 0 Å². The first-order chi connectivity index (χ1) is 7.75. The summed E-state index contributed by atoms with van der Waals surface area (Å²) >= 11 is 3.40. The molecule has 0 amide bonds. The number of aromatic nitrogens is 1. The van der Waals surface area contributed by atoms with E-state index < -0.39 is 0 Å². The van der Waals surface area contributed by atoms with Crippen LogP contribution in [0.3, 0.4) is 0 Å². The minimum atomic E-state index is 0.174. The Balaban J connectivity index is 2.10. The second-order valence-electron chi connectivity index (χ2n) is 5.03. The van der Waals surface area contributed by atoms with Gasteiger partial charge in [0.05, 0.1) is 4.47 Å². The van der Waals surface area contributed by atoms with Gasteiger partial charge in [0, 0.05) is 12.2 Å². The maximum atomic E-state index is 12.1. The normalized spacial score (nSPS) is 19.6. The van der Waals surface area contributed by atoms with Crippen LogP contribution in [-0.2, 0) is 19.4 Å². The molecule has 1 aromatic rings. The summed E-state index contributed by atoms with van der Waals surface area (Å²) in [6.07, 6.45) is 7.32. The van der Waals surface area contributed by atoms with Gasteiger partial charge in [0.25, 0.3) is 5.56 Å². The van der Waals surface area contributed by atoms with Gasteiger partial charge in [-0.25, -0.2) is 0 Å². The third-order valence-electron chi connectivity index (χ3n) is 3.69. The van der Waals surface area contributed by atoms with E-state index in [9.17, 15) is 4.79 Å². The van der Waals surface area contributed by atoms with Crippen LogP contribution in [-0.4, -0.2) is 4.57 Å². The first-order valence-electron chi connectivity index (χ1n) is 6.17. The third kappa shape index (κ3) is 1.86. The van der Waals surface area contributed by atoms with Crippen LogP contribution in [0.4, 0.5) is 0 Å². The average Bonchev–Trinajstić information content (AvgIpc) is 3.08. The molecule has 1 saturated carbocycles. The highest BCUT2D eigenvalue weighted by Crippen LogP contribution is 2.32. The summed E-state index contributed by atoms with van der Waals surface area (Å²) in [4.78, 5) is 12.1. The quantitative estimate of drug-likeness (QED) is 0.817. The largest absolute Gasteiger partial charge is 0.311 e. The van der Waals surface area contributed by atoms with Gasteiger partial charge in [0.1, 0.15) is 0 Å². The summed E-state index contributed by atoms with van der Waals surface area (Å²) in [7, 11) is 0. The SMILES string of the molecule is O=c1c(Br)cc2c(n1CC1CC1)CCCC2. The Hall–Kier alpha value is -0.570. The highest BCUT2D eigenvalue weighted by atomic mass is 79.9. The molecule has 0 atom stereocenters. The van der Waals surface area contributed by atoms with Crippen molar-refractivity contribution in [3.8, 4) is 0 Å². The maximum absolute atomic E-state index is 12.1. The average molecular weight is 282 g/mol. The summed E-state index contributed by atoms with van der Waals surface area (Å²) in [5, 5.41) is 0. The third-order valence-corrected chi connectivity index (χ3v) is 4.26. The molecule has 2 nitrogen and oxygen atoms in total. The molecular weight excluding hydrogens is 266 g/mol. The second kappa shape index (κ2) is 4.02. The van der Waals surface area contributed by atoms with Crippen molar-refractivity contribution in [1.29, 1.82) is 0 Å². The molecule has 1 heterocycles. The summed E-state index contributed by atoms with van der Waals surface area (Å²) in [6.45, 7) is 0.945. The molecule has 1 fully saturated rings. The van der Waals surface area contributed by atoms with Gasteiger partial charge in [0.15, 0.2) is 0 Å². The van der Waals surface area contributed by atoms with Crippen molar-refractivity contribution in [3.05, 3.63) is 32.2 Å². The van der Waals surface area contributed by atoms with Crippen LogP contribution in [0.15, 0.2) is 15.3 Å². The maximum Gasteiger partial charge on any atom is 0.265 e. The molecule has 3 heteroatoms. The van der Waals surface area contributed by atoms with E-state index in [2.05, 4.69) is 15.9 Å². The lowest BCUT2D eigenvalue weighted by atomic mass is 9.95. The van der Waals surface area contributed by atoms with Crippen LogP contribution >= 0.6 is 15.9 Å². The Kier molecular flexibility index (Phi) is 2.66. The Bertz CT molecular complexity index is 474. The molecule has 0 aliphatic heterocycles. The monoisotopic (exact) mass is 281 g/mol. The smallest absolute Gasteiger partial charge is 0.265 e. The fraction of sp³-hybridized carbons (Fsp3) is 0.615. The van der Waals surface area contributed by atoms with Crippen molar-refractivity contribution in [2.75, 3.05) is 0 Å². The van der Waals surface area contributed by atoms with Crippen LogP contribution < -0.4 is 5.56 Å². The number of fused-ring (bicyclic) bond motifs is 1. The van der Waals surface area contributed by atoms with Crippen LogP contribution in [0.1, 0.15) is 36.9 Å². The van der Waals surface area contributed by atoms with Crippen molar-refractivity contribution in [3.63, 3.8) is 0 Å². The molecule has 2 aliphatic carbocycles. The first-order valence-corrected chi connectivity index (χ1v) is 6.96. The van der Waals surface area contributed by atoms with E-state index in [1.807, 2.05) is 10.6 Å². The van der Waals surface area contributed by atoms with Gasteiger partial charge in [-0.15, -0.1) is 0 Å². The molecule has 0 radical (unpaired) electrons. The predicted octanol–water partition coefficient (Wildman–Crippen LogP) is 2.90. The number of hydrogen-bond donors (Lipinski definition) is 0. The first kappa shape index (κ1) is 10.6. The molecule has 0 N–H and O–H groups in total. The number of nitrogens with zero attached hydrogens (tertiary/aromatic N) is 1. The summed E-state index contributed by atoms with van der Waals surface area (Å²) in [5.74, 6) is 0.762. The molecule has 16 heavy (non-hydrogen) atoms. The molecule has 1 aromatic heterocycles. The van der Waals surface area contributed by atoms with E-state index in [1.165, 1.54) is 36.9 Å². The van der Waals surface area contributed by atoms with Crippen LogP contribution in [0.2, 0.25) is 0 Å². The van der Waals surface area contributed by atoms with Crippen LogP contribution in [0.25, 0.3) is 0 Å². The lowest BCUT2D eigenvalue weighted by Crippen LogP contribution is -2.28. The standard InChI is InChI=1S/C13H16BrNO/c14-11-7-10-3-1-2-4-12(10)15(13(11)16)8-9-5-6-9/h7,9H,1-6,8H2. The molecule has 86 valence electrons. The van der Waals surface area contributed by atoms with Crippen molar-refractivity contribution >= 4 is 15.9 Å². The lowest BCUT2D eigenvalue weighted by Gasteiger charge is -2.21. The fourth-order valence-corrected chi connectivity index (χ4v) is 3.08. The number of halogens is 1. The van der Waals surface area contributed by atoms with Crippen LogP contribution in [0.5, 0.6) is 0 Å². The number of pyridine rings is 1. The van der Waals surface area contributed by atoms with Gasteiger partial charge in [0.2, 0.25) is 0 Å². The molecule has 2 aliphatic rings. The minimum absolute atomic E-state index is 0.174. The number of rotatable bonds is 2. The van der Waals surface area contributed by atoms with E-state index in [-0.39, 0.29) is 5.56 Å². The van der Waals surface area contributed by atoms with E-state index in [0.717, 1.165) is 29.8 Å². The number of hydrogen-bond acceptors (Lipinski definition) is 1. The zero-order valence-corrected chi connectivity index (χ0v) is 10.9. The summed E-state index contributed by atoms with van der Waals surface area (Å²) < 4.78 is 2.78. The predicted molar refractivity (Wildman–Crippen MR) is 67.8 cm³/mol. The topological polar surface area (TPSA) is 22.0 Å². The summed E-state index contributed by atoms with van der Waals surface area (Å²) in [5.41, 5.74) is 2.87. The van der Waals surface area contributed by atoms with Crippen molar-refractivity contribution < 1.29 is 0 Å². The van der Waals surface area contributed by atoms with Gasteiger partial charge in [-0.2, -0.15) is 0 Å². The minimum Gasteiger partial charge on any atom is -0.311 e. The van der Waals surface area contributed by atoms with E-state index in [1.54, 1.807) is 0 Å². The van der Waals surface area contributed by atoms with Gasteiger partial charge >= 0.3 is 0 Å². The zero-order valence-electron chi connectivity index (χ0n) is 9.34. The molecule has 0 spiro atoms. The Labute approximate surface area is 104 Å². The van der Waals surface area contributed by atoms with E-state index >= 15 is 0 Å². The Morgan fingerprint density at radius 2 is 2.06 bits per heavy atom. The van der Waals surface area contributed by atoms with Crippen molar-refractivity contribution in [2.24, 2.45) is 5.92 Å². The molecule has 0 bridgehead atoms.